The third-order valence-corrected chi connectivity index (χ3v) is 7.15. The van der Waals surface area contributed by atoms with Crippen LogP contribution < -0.4 is 0 Å². The highest BCUT2D eigenvalue weighted by atomic mass is 35.5. The van der Waals surface area contributed by atoms with Crippen molar-refractivity contribution in [2.75, 3.05) is 13.2 Å². The van der Waals surface area contributed by atoms with Crippen LogP contribution in [0.3, 0.4) is 0 Å². The first-order chi connectivity index (χ1) is 6.83. The van der Waals surface area contributed by atoms with E-state index in [0.717, 1.165) is 21.6 Å². The van der Waals surface area contributed by atoms with Crippen molar-refractivity contribution in [1.29, 1.82) is 0 Å². The quantitative estimate of drug-likeness (QED) is 0.336. The van der Waals surface area contributed by atoms with Crippen LogP contribution in [0, 0.1) is 0 Å². The molecule has 0 aliphatic heterocycles. The number of hydrogen-bond donors (Lipinski definition) is 0. The highest BCUT2D eigenvalue weighted by Crippen LogP contribution is 2.55. The maximum absolute atomic E-state index is 5.79. The van der Waals surface area contributed by atoms with Crippen LogP contribution in [-0.2, 0) is 9.47 Å². The van der Waals surface area contributed by atoms with Gasteiger partial charge in [-0.2, -0.15) is 0 Å². The molecule has 0 saturated heterocycles. The molecule has 0 saturated carbocycles. The summed E-state index contributed by atoms with van der Waals surface area (Å²) in [5.41, 5.74) is 0. The topological polar surface area (TPSA) is 18.5 Å². The zero-order valence-corrected chi connectivity index (χ0v) is 13.4. The Morgan fingerprint density at radius 2 is 1.20 bits per heavy atom. The summed E-state index contributed by atoms with van der Waals surface area (Å²) in [6.45, 7) is 4.43. The van der Waals surface area contributed by atoms with Gasteiger partial charge in [-0.3, -0.25) is 0 Å². The maximum Gasteiger partial charge on any atom is 0.278 e. The number of ether oxygens (including phenoxy) is 2. The van der Waals surface area contributed by atoms with Gasteiger partial charge in [-0.25, -0.2) is 0 Å². The van der Waals surface area contributed by atoms with Gasteiger partial charge in [0.15, 0.2) is 0 Å². The van der Waals surface area contributed by atoms with Crippen molar-refractivity contribution in [3.8, 4) is 0 Å². The molecule has 0 radical (unpaired) electrons. The third-order valence-electron chi connectivity index (χ3n) is 0.887. The van der Waals surface area contributed by atoms with Crippen LogP contribution in [0.15, 0.2) is 0 Å². The van der Waals surface area contributed by atoms with Gasteiger partial charge in [0.25, 0.3) is 7.70 Å². The Bertz CT molecular complexity index is 164. The van der Waals surface area contributed by atoms with Gasteiger partial charge in [-0.05, 0) is 45.3 Å². The molecule has 0 heterocycles. The highest BCUT2D eigenvalue weighted by molar-refractivity contribution is 9.10. The number of rotatable bonds is 8. The van der Waals surface area contributed by atoms with Crippen LogP contribution in [0.1, 0.15) is 13.8 Å². The van der Waals surface area contributed by atoms with E-state index in [4.69, 9.17) is 55.9 Å². The summed E-state index contributed by atoms with van der Waals surface area (Å²) >= 11 is 23.1. The van der Waals surface area contributed by atoms with E-state index in [9.17, 15) is 0 Å². The molecule has 0 atom stereocenters. The van der Waals surface area contributed by atoms with E-state index in [-0.39, 0.29) is 0 Å². The molecule has 0 amide bonds. The minimum atomic E-state index is -1.30. The van der Waals surface area contributed by atoms with E-state index in [1.807, 2.05) is 0 Å². The van der Waals surface area contributed by atoms with Gasteiger partial charge in [0.2, 0.25) is 0 Å². The van der Waals surface area contributed by atoms with Gasteiger partial charge in [-0.15, -0.1) is 0 Å². The molecule has 0 spiro atoms. The highest BCUT2D eigenvalue weighted by Gasteiger charge is 2.31. The second-order valence-corrected chi connectivity index (χ2v) is 9.69. The van der Waals surface area contributed by atoms with Crippen molar-refractivity contribution in [2.24, 2.45) is 0 Å². The fraction of sp³-hybridized carbons (Fsp3) is 1.00. The zero-order chi connectivity index (χ0) is 11.9. The van der Waals surface area contributed by atoms with Crippen molar-refractivity contribution < 1.29 is 9.47 Å². The Labute approximate surface area is 121 Å². The molecule has 0 aromatic heterocycles. The lowest BCUT2D eigenvalue weighted by Crippen LogP contribution is -2.12. The van der Waals surface area contributed by atoms with Crippen LogP contribution >= 0.6 is 77.8 Å². The number of hydrogen-bond acceptors (Lipinski definition) is 5. The van der Waals surface area contributed by atoms with Crippen LogP contribution in [0.4, 0.5) is 0 Å². The van der Waals surface area contributed by atoms with Crippen LogP contribution in [-0.4, -0.2) is 20.9 Å². The van der Waals surface area contributed by atoms with Gasteiger partial charge < -0.3 is 9.47 Å². The van der Waals surface area contributed by atoms with Gasteiger partial charge >= 0.3 is 0 Å². The van der Waals surface area contributed by atoms with Crippen LogP contribution in [0.5, 0.6) is 0 Å². The molecule has 0 aliphatic rings. The van der Waals surface area contributed by atoms with Gasteiger partial charge in [0.1, 0.15) is 0 Å². The summed E-state index contributed by atoms with van der Waals surface area (Å²) in [5.74, 6) is 0. The Morgan fingerprint density at radius 3 is 1.47 bits per heavy atom. The lowest BCUT2D eigenvalue weighted by Gasteiger charge is -2.20. The molecule has 0 aromatic carbocycles. The van der Waals surface area contributed by atoms with E-state index in [1.54, 1.807) is 13.8 Å². The average molecular weight is 352 g/mol. The molecular weight excluding hydrogens is 342 g/mol. The minimum absolute atomic E-state index is 0.420. The van der Waals surface area contributed by atoms with Crippen molar-refractivity contribution >= 4 is 77.8 Å². The second-order valence-electron chi connectivity index (χ2n) is 2.03. The van der Waals surface area contributed by atoms with E-state index in [0.29, 0.717) is 13.2 Å². The molecule has 92 valence electrons. The molecule has 0 bridgehead atoms. The van der Waals surface area contributed by atoms with E-state index in [2.05, 4.69) is 0 Å². The fourth-order valence-electron chi connectivity index (χ4n) is 0.480. The minimum Gasteiger partial charge on any atom is -0.338 e. The lowest BCUT2D eigenvalue weighted by atomic mass is 10.9. The molecule has 0 aromatic rings. The molecule has 0 fully saturated rings. The molecule has 0 rings (SSSR count). The molecule has 15 heavy (non-hydrogen) atoms. The molecular formula is C6H10Cl4O2S3. The first-order valence-corrected chi connectivity index (χ1v) is 8.89. The average Bonchev–Trinajstić information content (AvgIpc) is 2.02. The third kappa shape index (κ3) is 9.80. The second kappa shape index (κ2) is 8.27. The lowest BCUT2D eigenvalue weighted by molar-refractivity contribution is 0.149. The van der Waals surface area contributed by atoms with Crippen LogP contribution in [0.25, 0.3) is 0 Å². The van der Waals surface area contributed by atoms with Crippen molar-refractivity contribution in [3.05, 3.63) is 0 Å². The van der Waals surface area contributed by atoms with Crippen LogP contribution in [0.2, 0.25) is 0 Å². The predicted octanol–water partition coefficient (Wildman–Crippen LogP) is 5.27. The molecule has 0 unspecified atom stereocenters. The van der Waals surface area contributed by atoms with Crippen molar-refractivity contribution in [1.82, 2.24) is 0 Å². The Morgan fingerprint density at radius 1 is 0.867 bits per heavy atom. The van der Waals surface area contributed by atoms with Gasteiger partial charge in [-0.1, -0.05) is 46.4 Å². The van der Waals surface area contributed by atoms with E-state index < -0.39 is 7.70 Å². The number of alkyl halides is 4. The standard InChI is InChI=1S/C6H10Cl4O2S3/c1-3-11-5(7,8)13-15-14-6(9,10)12-4-2/h3-4H2,1-2H3. The normalized spacial score (nSPS) is 13.2. The molecule has 0 N–H and O–H groups in total. The SMILES string of the molecule is CCOC(Cl)(Cl)SSSC(Cl)(Cl)OCC. The maximum atomic E-state index is 5.79. The summed E-state index contributed by atoms with van der Waals surface area (Å²) < 4.78 is 7.47. The van der Waals surface area contributed by atoms with Gasteiger partial charge in [0, 0.05) is 13.2 Å². The zero-order valence-electron chi connectivity index (χ0n) is 7.97. The summed E-state index contributed by atoms with van der Waals surface area (Å²) in [4.78, 5) is 0. The predicted molar refractivity (Wildman–Crippen MR) is 74.9 cm³/mol. The fourth-order valence-corrected chi connectivity index (χ4v) is 6.82. The monoisotopic (exact) mass is 350 g/mol. The first-order valence-electron chi connectivity index (χ1n) is 3.90. The van der Waals surface area contributed by atoms with E-state index in [1.165, 1.54) is 9.83 Å². The van der Waals surface area contributed by atoms with Crippen molar-refractivity contribution in [2.45, 2.75) is 21.6 Å². The Balaban J connectivity index is 3.77. The van der Waals surface area contributed by atoms with Crippen molar-refractivity contribution in [3.63, 3.8) is 0 Å². The Hall–Kier alpha value is 2.13. The summed E-state index contributed by atoms with van der Waals surface area (Å²) in [6, 6.07) is 0. The Kier molecular flexibility index (Phi) is 9.44. The number of halogens is 4. The first kappa shape index (κ1) is 17.1. The van der Waals surface area contributed by atoms with Gasteiger partial charge in [0.05, 0.1) is 0 Å². The summed E-state index contributed by atoms with van der Waals surface area (Å²) in [5, 5.41) is 0. The summed E-state index contributed by atoms with van der Waals surface area (Å²) in [6.07, 6.45) is 0. The molecule has 0 aliphatic carbocycles. The van der Waals surface area contributed by atoms with E-state index >= 15 is 0 Å². The largest absolute Gasteiger partial charge is 0.338 e. The molecule has 2 nitrogen and oxygen atoms in total. The smallest absolute Gasteiger partial charge is 0.278 e. The molecule has 9 heteroatoms. The summed E-state index contributed by atoms with van der Waals surface area (Å²) in [7, 11) is 3.39.